The van der Waals surface area contributed by atoms with Crippen LogP contribution in [0, 0.1) is 0 Å². The summed E-state index contributed by atoms with van der Waals surface area (Å²) in [4.78, 5) is 14.1. The van der Waals surface area contributed by atoms with Crippen LogP contribution in [-0.4, -0.2) is 32.1 Å². The molecule has 1 aliphatic rings. The average Bonchev–Trinajstić information content (AvgIpc) is 3.11. The summed E-state index contributed by atoms with van der Waals surface area (Å²) < 4.78 is 51.6. The summed E-state index contributed by atoms with van der Waals surface area (Å²) in [6.07, 6.45) is -4.57. The zero-order valence-electron chi connectivity index (χ0n) is 14.4. The first-order valence-corrected chi connectivity index (χ1v) is 8.31. The van der Waals surface area contributed by atoms with E-state index in [4.69, 9.17) is 9.47 Å². The molecule has 1 aliphatic heterocycles. The summed E-state index contributed by atoms with van der Waals surface area (Å²) in [5.74, 6) is 0.902. The molecule has 0 atom stereocenters. The number of amides is 1. The van der Waals surface area contributed by atoms with Crippen LogP contribution in [0.25, 0.3) is 0 Å². The monoisotopic (exact) mass is 381 g/mol. The molecule has 0 aromatic heterocycles. The fraction of sp³-hybridized carbons (Fsp3) is 0.316. The SMILES string of the molecule is O=C(CCOCC(F)(F)F)N(Cc1ccc2c(c1)OCO2)c1ccccc1. The normalized spacial score (nSPS) is 12.9. The summed E-state index contributed by atoms with van der Waals surface area (Å²) >= 11 is 0. The summed E-state index contributed by atoms with van der Waals surface area (Å²) in [6.45, 7) is -1.27. The van der Waals surface area contributed by atoms with E-state index in [0.29, 0.717) is 17.2 Å². The second-order valence-electron chi connectivity index (χ2n) is 5.92. The molecule has 27 heavy (non-hydrogen) atoms. The van der Waals surface area contributed by atoms with Crippen LogP contribution in [0.1, 0.15) is 12.0 Å². The third-order valence-electron chi connectivity index (χ3n) is 3.87. The van der Waals surface area contributed by atoms with Gasteiger partial charge in [-0.1, -0.05) is 24.3 Å². The number of ether oxygens (including phenoxy) is 3. The highest BCUT2D eigenvalue weighted by Gasteiger charge is 2.27. The Hall–Kier alpha value is -2.74. The number of anilines is 1. The van der Waals surface area contributed by atoms with Gasteiger partial charge < -0.3 is 19.1 Å². The first kappa shape index (κ1) is 19.0. The highest BCUT2D eigenvalue weighted by Crippen LogP contribution is 2.33. The molecule has 0 N–H and O–H groups in total. The first-order valence-electron chi connectivity index (χ1n) is 8.31. The number of hydrogen-bond donors (Lipinski definition) is 0. The van der Waals surface area contributed by atoms with Gasteiger partial charge in [0, 0.05) is 5.69 Å². The number of halogens is 3. The molecule has 2 aromatic carbocycles. The van der Waals surface area contributed by atoms with E-state index in [1.165, 1.54) is 4.90 Å². The molecule has 0 radical (unpaired) electrons. The number of alkyl halides is 3. The van der Waals surface area contributed by atoms with Gasteiger partial charge >= 0.3 is 6.18 Å². The van der Waals surface area contributed by atoms with Crippen molar-refractivity contribution in [2.45, 2.75) is 19.1 Å². The lowest BCUT2D eigenvalue weighted by atomic mass is 10.1. The van der Waals surface area contributed by atoms with Crippen LogP contribution in [0.15, 0.2) is 48.5 Å². The summed E-state index contributed by atoms with van der Waals surface area (Å²) in [7, 11) is 0. The fourth-order valence-electron chi connectivity index (χ4n) is 2.64. The smallest absolute Gasteiger partial charge is 0.411 e. The maximum absolute atomic E-state index is 12.6. The Kier molecular flexibility index (Phi) is 5.85. The minimum atomic E-state index is -4.41. The Morgan fingerprint density at radius 3 is 2.56 bits per heavy atom. The Bertz CT molecular complexity index is 780. The number of para-hydroxylation sites is 1. The Morgan fingerprint density at radius 1 is 1.07 bits per heavy atom. The van der Waals surface area contributed by atoms with Gasteiger partial charge in [0.05, 0.1) is 19.6 Å². The van der Waals surface area contributed by atoms with Crippen molar-refractivity contribution in [2.24, 2.45) is 0 Å². The summed E-state index contributed by atoms with van der Waals surface area (Å²) in [6, 6.07) is 14.3. The molecule has 5 nitrogen and oxygen atoms in total. The lowest BCUT2D eigenvalue weighted by molar-refractivity contribution is -0.174. The Labute approximate surface area is 154 Å². The topological polar surface area (TPSA) is 48.0 Å². The molecule has 0 spiro atoms. The van der Waals surface area contributed by atoms with Crippen molar-refractivity contribution in [1.82, 2.24) is 0 Å². The number of rotatable bonds is 7. The molecule has 0 bridgehead atoms. The van der Waals surface area contributed by atoms with E-state index in [1.54, 1.807) is 36.4 Å². The largest absolute Gasteiger partial charge is 0.454 e. The molecule has 0 saturated carbocycles. The van der Waals surface area contributed by atoms with Gasteiger partial charge in [0.2, 0.25) is 12.7 Å². The Balaban J connectivity index is 1.69. The standard InChI is InChI=1S/C19H18F3NO4/c20-19(21,22)12-25-9-8-18(24)23(15-4-2-1-3-5-15)11-14-6-7-16-17(10-14)27-13-26-16/h1-7,10H,8-9,11-13H2. The van der Waals surface area contributed by atoms with Crippen LogP contribution >= 0.6 is 0 Å². The van der Waals surface area contributed by atoms with Gasteiger partial charge in [0.25, 0.3) is 0 Å². The van der Waals surface area contributed by atoms with E-state index < -0.39 is 12.8 Å². The Morgan fingerprint density at radius 2 is 1.81 bits per heavy atom. The van der Waals surface area contributed by atoms with Crippen molar-refractivity contribution in [3.8, 4) is 11.5 Å². The van der Waals surface area contributed by atoms with Crippen molar-refractivity contribution >= 4 is 11.6 Å². The zero-order valence-corrected chi connectivity index (χ0v) is 14.4. The molecule has 2 aromatic rings. The molecule has 144 valence electrons. The van der Waals surface area contributed by atoms with E-state index in [-0.39, 0.29) is 32.3 Å². The van der Waals surface area contributed by atoms with Crippen LogP contribution in [0.5, 0.6) is 11.5 Å². The predicted octanol–water partition coefficient (Wildman–Crippen LogP) is 3.92. The third kappa shape index (κ3) is 5.37. The molecule has 8 heteroatoms. The third-order valence-corrected chi connectivity index (χ3v) is 3.87. The molecular formula is C19H18F3NO4. The van der Waals surface area contributed by atoms with Gasteiger partial charge in [-0.3, -0.25) is 4.79 Å². The van der Waals surface area contributed by atoms with Crippen LogP contribution in [0.2, 0.25) is 0 Å². The molecule has 1 heterocycles. The van der Waals surface area contributed by atoms with Crippen LogP contribution in [0.3, 0.4) is 0 Å². The second-order valence-corrected chi connectivity index (χ2v) is 5.92. The van der Waals surface area contributed by atoms with E-state index in [9.17, 15) is 18.0 Å². The molecule has 3 rings (SSSR count). The second kappa shape index (κ2) is 8.30. The van der Waals surface area contributed by atoms with E-state index >= 15 is 0 Å². The molecule has 0 aliphatic carbocycles. The highest BCUT2D eigenvalue weighted by molar-refractivity contribution is 5.93. The first-order chi connectivity index (χ1) is 12.9. The molecule has 0 unspecified atom stereocenters. The summed E-state index contributed by atoms with van der Waals surface area (Å²) in [5.41, 5.74) is 1.46. The van der Waals surface area contributed by atoms with Gasteiger partial charge in [-0.15, -0.1) is 0 Å². The fourth-order valence-corrected chi connectivity index (χ4v) is 2.64. The number of nitrogens with zero attached hydrogens (tertiary/aromatic N) is 1. The minimum absolute atomic E-state index is 0.149. The van der Waals surface area contributed by atoms with Crippen LogP contribution in [0.4, 0.5) is 18.9 Å². The lowest BCUT2D eigenvalue weighted by Gasteiger charge is -2.23. The highest BCUT2D eigenvalue weighted by atomic mass is 19.4. The minimum Gasteiger partial charge on any atom is -0.454 e. The van der Waals surface area contributed by atoms with Gasteiger partial charge in [-0.2, -0.15) is 13.2 Å². The van der Waals surface area contributed by atoms with E-state index in [1.807, 2.05) is 12.1 Å². The predicted molar refractivity (Wildman–Crippen MR) is 91.7 cm³/mol. The van der Waals surface area contributed by atoms with E-state index in [0.717, 1.165) is 5.56 Å². The molecule has 1 amide bonds. The van der Waals surface area contributed by atoms with Crippen molar-refractivity contribution < 1.29 is 32.2 Å². The van der Waals surface area contributed by atoms with Gasteiger partial charge in [0.15, 0.2) is 11.5 Å². The van der Waals surface area contributed by atoms with E-state index in [2.05, 4.69) is 4.74 Å². The number of carbonyl (C=O) groups excluding carboxylic acids is 1. The number of benzene rings is 2. The van der Waals surface area contributed by atoms with Gasteiger partial charge in [-0.05, 0) is 29.8 Å². The van der Waals surface area contributed by atoms with Crippen LogP contribution < -0.4 is 14.4 Å². The molecule has 0 saturated heterocycles. The van der Waals surface area contributed by atoms with Crippen molar-refractivity contribution in [2.75, 3.05) is 24.9 Å². The molecule has 0 fully saturated rings. The summed E-state index contributed by atoms with van der Waals surface area (Å²) in [5, 5.41) is 0. The number of hydrogen-bond acceptors (Lipinski definition) is 4. The quantitative estimate of drug-likeness (QED) is 0.682. The molecular weight excluding hydrogens is 363 g/mol. The lowest BCUT2D eigenvalue weighted by Crippen LogP contribution is -2.31. The van der Waals surface area contributed by atoms with Gasteiger partial charge in [0.1, 0.15) is 6.61 Å². The van der Waals surface area contributed by atoms with Crippen molar-refractivity contribution in [1.29, 1.82) is 0 Å². The maximum atomic E-state index is 12.6. The van der Waals surface area contributed by atoms with Crippen molar-refractivity contribution in [3.05, 3.63) is 54.1 Å². The van der Waals surface area contributed by atoms with Gasteiger partial charge in [-0.25, -0.2) is 0 Å². The van der Waals surface area contributed by atoms with Crippen molar-refractivity contribution in [3.63, 3.8) is 0 Å². The number of carbonyl (C=O) groups is 1. The average molecular weight is 381 g/mol. The van der Waals surface area contributed by atoms with Crippen LogP contribution in [-0.2, 0) is 16.1 Å². The number of fused-ring (bicyclic) bond motifs is 1. The maximum Gasteiger partial charge on any atom is 0.411 e. The zero-order chi connectivity index (χ0) is 19.3.